The molecule has 1 aromatic rings. The predicted molar refractivity (Wildman–Crippen MR) is 102 cm³/mol. The Kier molecular flexibility index (Phi) is 6.25. The number of carbonyl (C=O) groups is 1. The van der Waals surface area contributed by atoms with Crippen LogP contribution in [0.15, 0.2) is 18.2 Å². The van der Waals surface area contributed by atoms with E-state index in [-0.39, 0.29) is 12.1 Å². The molecule has 0 spiro atoms. The number of likely N-dealkylation sites (tertiary alicyclic amines) is 1. The van der Waals surface area contributed by atoms with Crippen molar-refractivity contribution in [3.05, 3.63) is 28.2 Å². The molecule has 0 unspecified atom stereocenters. The molecule has 0 bridgehead atoms. The molecule has 9 heteroatoms. The minimum absolute atomic E-state index is 0.154. The summed E-state index contributed by atoms with van der Waals surface area (Å²) >= 11 is 11.8. The summed E-state index contributed by atoms with van der Waals surface area (Å²) in [5, 5.41) is 3.57. The molecule has 0 aromatic heterocycles. The van der Waals surface area contributed by atoms with Crippen LogP contribution in [0.1, 0.15) is 33.6 Å². The van der Waals surface area contributed by atoms with Crippen molar-refractivity contribution in [3.63, 3.8) is 0 Å². The van der Waals surface area contributed by atoms with Crippen LogP contribution in [0, 0.1) is 0 Å². The first-order valence-electron chi connectivity index (χ1n) is 8.02. The van der Waals surface area contributed by atoms with E-state index in [2.05, 4.69) is 10.0 Å². The van der Waals surface area contributed by atoms with E-state index in [1.165, 1.54) is 0 Å². The lowest BCUT2D eigenvalue weighted by Crippen LogP contribution is -2.50. The Morgan fingerprint density at radius 1 is 1.16 bits per heavy atom. The maximum absolute atomic E-state index is 12.3. The second-order valence-electron chi connectivity index (χ2n) is 7.05. The first kappa shape index (κ1) is 20.3. The minimum Gasteiger partial charge on any atom is -0.324 e. The maximum Gasteiger partial charge on any atom is 0.321 e. The predicted octanol–water partition coefficient (Wildman–Crippen LogP) is 3.71. The van der Waals surface area contributed by atoms with E-state index in [0.29, 0.717) is 41.7 Å². The van der Waals surface area contributed by atoms with Crippen LogP contribution >= 0.6 is 23.2 Å². The number of urea groups is 1. The average molecular weight is 408 g/mol. The molecular weight excluding hydrogens is 385 g/mol. The number of hydrogen-bond acceptors (Lipinski definition) is 3. The van der Waals surface area contributed by atoms with Gasteiger partial charge in [-0.05, 0) is 51.8 Å². The summed E-state index contributed by atoms with van der Waals surface area (Å²) < 4.78 is 26.3. The lowest BCUT2D eigenvalue weighted by atomic mass is 10.1. The van der Waals surface area contributed by atoms with E-state index in [4.69, 9.17) is 23.2 Å². The zero-order valence-electron chi connectivity index (χ0n) is 14.5. The van der Waals surface area contributed by atoms with Gasteiger partial charge >= 0.3 is 6.03 Å². The monoisotopic (exact) mass is 407 g/mol. The second-order valence-corrected chi connectivity index (χ2v) is 10.3. The first-order chi connectivity index (χ1) is 11.5. The summed E-state index contributed by atoms with van der Waals surface area (Å²) in [5.41, 5.74) is 0.565. The highest BCUT2D eigenvalue weighted by molar-refractivity contribution is 7.90. The van der Waals surface area contributed by atoms with Gasteiger partial charge in [0.2, 0.25) is 10.0 Å². The van der Waals surface area contributed by atoms with Crippen LogP contribution < -0.4 is 10.0 Å². The van der Waals surface area contributed by atoms with E-state index in [1.54, 1.807) is 43.9 Å². The van der Waals surface area contributed by atoms with Crippen molar-refractivity contribution < 1.29 is 13.2 Å². The van der Waals surface area contributed by atoms with Gasteiger partial charge in [-0.15, -0.1) is 0 Å². The summed E-state index contributed by atoms with van der Waals surface area (Å²) in [4.78, 5) is 14.0. The van der Waals surface area contributed by atoms with Crippen molar-refractivity contribution in [2.45, 2.75) is 44.4 Å². The molecular formula is C16H23Cl2N3O3S. The van der Waals surface area contributed by atoms with Crippen molar-refractivity contribution in [2.75, 3.05) is 18.4 Å². The molecule has 1 aliphatic rings. The third kappa shape index (κ3) is 5.23. The Balaban J connectivity index is 1.89. The number of anilines is 1. The quantitative estimate of drug-likeness (QED) is 0.801. The molecule has 2 amide bonds. The second kappa shape index (κ2) is 7.70. The molecule has 1 aliphatic heterocycles. The van der Waals surface area contributed by atoms with Crippen LogP contribution in [0.2, 0.25) is 10.0 Å². The molecule has 25 heavy (non-hydrogen) atoms. The van der Waals surface area contributed by atoms with Gasteiger partial charge in [-0.1, -0.05) is 23.2 Å². The number of halogens is 2. The fraction of sp³-hybridized carbons (Fsp3) is 0.562. The Hall–Kier alpha value is -1.02. The number of rotatable bonds is 3. The number of benzene rings is 1. The SMILES string of the molecule is CC(C)(C)S(=O)(=O)NC1CCN(C(=O)Nc2ccc(Cl)c(Cl)c2)CC1. The van der Waals surface area contributed by atoms with Gasteiger partial charge in [0.05, 0.1) is 14.8 Å². The van der Waals surface area contributed by atoms with Crippen LogP contribution in [0.25, 0.3) is 0 Å². The van der Waals surface area contributed by atoms with Gasteiger partial charge in [0.1, 0.15) is 0 Å². The van der Waals surface area contributed by atoms with Crippen LogP contribution in [-0.2, 0) is 10.0 Å². The van der Waals surface area contributed by atoms with Crippen molar-refractivity contribution in [1.29, 1.82) is 0 Å². The molecule has 0 saturated carbocycles. The zero-order chi connectivity index (χ0) is 18.8. The molecule has 1 heterocycles. The third-order valence-electron chi connectivity index (χ3n) is 4.08. The molecule has 1 saturated heterocycles. The van der Waals surface area contributed by atoms with Crippen molar-refractivity contribution in [2.24, 2.45) is 0 Å². The lowest BCUT2D eigenvalue weighted by Gasteiger charge is -2.33. The Labute approximate surface area is 158 Å². The summed E-state index contributed by atoms with van der Waals surface area (Å²) in [6, 6.07) is 4.49. The summed E-state index contributed by atoms with van der Waals surface area (Å²) in [6.07, 6.45) is 1.15. The topological polar surface area (TPSA) is 78.5 Å². The summed E-state index contributed by atoms with van der Waals surface area (Å²) in [7, 11) is -3.39. The van der Waals surface area contributed by atoms with Crippen molar-refractivity contribution >= 4 is 44.9 Å². The van der Waals surface area contributed by atoms with Gasteiger partial charge in [0.25, 0.3) is 0 Å². The first-order valence-corrected chi connectivity index (χ1v) is 10.3. The number of amides is 2. The molecule has 0 radical (unpaired) electrons. The molecule has 2 rings (SSSR count). The lowest BCUT2D eigenvalue weighted by molar-refractivity contribution is 0.193. The highest BCUT2D eigenvalue weighted by atomic mass is 35.5. The highest BCUT2D eigenvalue weighted by Gasteiger charge is 2.33. The van der Waals surface area contributed by atoms with Crippen LogP contribution in [0.4, 0.5) is 10.5 Å². The van der Waals surface area contributed by atoms with Gasteiger partial charge in [-0.25, -0.2) is 17.9 Å². The maximum atomic E-state index is 12.3. The standard InChI is InChI=1S/C16H23Cl2N3O3S/c1-16(2,3)25(23,24)20-11-6-8-21(9-7-11)15(22)19-12-4-5-13(17)14(18)10-12/h4-5,10-11,20H,6-9H2,1-3H3,(H,19,22). The van der Waals surface area contributed by atoms with Crippen molar-refractivity contribution in [3.8, 4) is 0 Å². The van der Waals surface area contributed by atoms with Crippen molar-refractivity contribution in [1.82, 2.24) is 9.62 Å². The van der Waals surface area contributed by atoms with E-state index >= 15 is 0 Å². The summed E-state index contributed by atoms with van der Waals surface area (Å²) in [5.74, 6) is 0. The third-order valence-corrected chi connectivity index (χ3v) is 7.08. The molecule has 140 valence electrons. The van der Waals surface area contributed by atoms with Gasteiger partial charge in [-0.3, -0.25) is 0 Å². The fourth-order valence-corrected chi connectivity index (χ4v) is 3.70. The highest BCUT2D eigenvalue weighted by Crippen LogP contribution is 2.25. The smallest absolute Gasteiger partial charge is 0.321 e. The number of carbonyl (C=O) groups excluding carboxylic acids is 1. The number of piperidine rings is 1. The van der Waals surface area contributed by atoms with E-state index < -0.39 is 14.8 Å². The van der Waals surface area contributed by atoms with Gasteiger partial charge < -0.3 is 10.2 Å². The number of hydrogen-bond donors (Lipinski definition) is 2. The van der Waals surface area contributed by atoms with E-state index in [1.807, 2.05) is 0 Å². The summed E-state index contributed by atoms with van der Waals surface area (Å²) in [6.45, 7) is 5.94. The van der Waals surface area contributed by atoms with E-state index in [9.17, 15) is 13.2 Å². The molecule has 2 N–H and O–H groups in total. The molecule has 0 aliphatic carbocycles. The molecule has 1 aromatic carbocycles. The van der Waals surface area contributed by atoms with Crippen LogP contribution in [0.5, 0.6) is 0 Å². The van der Waals surface area contributed by atoms with E-state index in [0.717, 1.165) is 0 Å². The zero-order valence-corrected chi connectivity index (χ0v) is 16.8. The van der Waals surface area contributed by atoms with Gasteiger partial charge in [-0.2, -0.15) is 0 Å². The van der Waals surface area contributed by atoms with Crippen LogP contribution in [0.3, 0.4) is 0 Å². The average Bonchev–Trinajstić information content (AvgIpc) is 2.50. The molecule has 1 fully saturated rings. The Morgan fingerprint density at radius 3 is 2.28 bits per heavy atom. The normalized spacial score (nSPS) is 16.8. The number of nitrogens with zero attached hydrogens (tertiary/aromatic N) is 1. The minimum atomic E-state index is -3.39. The van der Waals surface area contributed by atoms with Gasteiger partial charge in [0.15, 0.2) is 0 Å². The van der Waals surface area contributed by atoms with Gasteiger partial charge in [0, 0.05) is 24.8 Å². The largest absolute Gasteiger partial charge is 0.324 e. The Morgan fingerprint density at radius 2 is 1.76 bits per heavy atom. The number of nitrogens with one attached hydrogen (secondary N) is 2. The van der Waals surface area contributed by atoms with Crippen LogP contribution in [-0.4, -0.2) is 43.2 Å². The fourth-order valence-electron chi connectivity index (χ4n) is 2.37. The molecule has 6 nitrogen and oxygen atoms in total. The molecule has 0 atom stereocenters. The number of sulfonamides is 1. The Bertz CT molecular complexity index is 739.